The van der Waals surface area contributed by atoms with Gasteiger partial charge >= 0.3 is 6.18 Å². The van der Waals surface area contributed by atoms with E-state index in [-0.39, 0.29) is 12.4 Å². The van der Waals surface area contributed by atoms with Crippen LogP contribution in [0.2, 0.25) is 0 Å². The number of likely N-dealkylation sites (N-methyl/N-ethyl adjacent to an activating group) is 1. The molecule has 0 fully saturated rings. The van der Waals surface area contributed by atoms with Crippen molar-refractivity contribution in [2.24, 2.45) is 0 Å². The predicted molar refractivity (Wildman–Crippen MR) is 116 cm³/mol. The largest absolute Gasteiger partial charge is 0.492 e. The van der Waals surface area contributed by atoms with E-state index in [1.165, 1.54) is 12.1 Å². The number of halogens is 4. The Morgan fingerprint density at radius 2 is 1.87 bits per heavy atom. The maximum absolute atomic E-state index is 13.0. The molecule has 164 valence electrons. The molecule has 1 heterocycles. The Kier molecular flexibility index (Phi) is 7.48. The molecule has 1 aliphatic rings. The van der Waals surface area contributed by atoms with Crippen molar-refractivity contribution in [3.63, 3.8) is 0 Å². The Balaban J connectivity index is 0.00000320. The van der Waals surface area contributed by atoms with E-state index in [0.717, 1.165) is 23.7 Å². The second-order valence-corrected chi connectivity index (χ2v) is 8.14. The maximum atomic E-state index is 13.0. The second kappa shape index (κ2) is 9.31. The zero-order valence-electron chi connectivity index (χ0n) is 17.5. The van der Waals surface area contributed by atoms with E-state index in [4.69, 9.17) is 9.47 Å². The Labute approximate surface area is 181 Å². The molecule has 2 aromatic carbocycles. The van der Waals surface area contributed by atoms with Crippen molar-refractivity contribution in [3.05, 3.63) is 59.2 Å². The fourth-order valence-electron chi connectivity index (χ4n) is 3.31. The number of hydrogen-bond donors (Lipinski definition) is 0. The van der Waals surface area contributed by atoms with Crippen molar-refractivity contribution < 1.29 is 22.6 Å². The lowest BCUT2D eigenvalue weighted by Gasteiger charge is -2.34. The molecular weight excluding hydrogens is 415 g/mol. The average molecular weight is 442 g/mol. The normalized spacial score (nSPS) is 16.6. The quantitative estimate of drug-likeness (QED) is 0.554. The van der Waals surface area contributed by atoms with Gasteiger partial charge in [-0.15, -0.1) is 12.4 Å². The summed E-state index contributed by atoms with van der Waals surface area (Å²) in [4.78, 5) is 2.04. The first kappa shape index (κ1) is 24.1. The first-order valence-electron chi connectivity index (χ1n) is 9.52. The Bertz CT molecular complexity index is 908. The summed E-state index contributed by atoms with van der Waals surface area (Å²) in [5.74, 6) is 1.39. The minimum Gasteiger partial charge on any atom is -0.492 e. The van der Waals surface area contributed by atoms with Crippen molar-refractivity contribution in [2.75, 3.05) is 27.2 Å². The second-order valence-electron chi connectivity index (χ2n) is 8.14. The highest BCUT2D eigenvalue weighted by molar-refractivity contribution is 5.86. The van der Waals surface area contributed by atoms with Gasteiger partial charge < -0.3 is 14.4 Å². The van der Waals surface area contributed by atoms with Crippen LogP contribution in [-0.4, -0.2) is 37.7 Å². The van der Waals surface area contributed by atoms with E-state index >= 15 is 0 Å². The van der Waals surface area contributed by atoms with Crippen LogP contribution < -0.4 is 9.47 Å². The molecule has 0 spiro atoms. The number of benzene rings is 2. The molecule has 0 N–H and O–H groups in total. The van der Waals surface area contributed by atoms with Gasteiger partial charge in [-0.25, -0.2) is 0 Å². The summed E-state index contributed by atoms with van der Waals surface area (Å²) in [7, 11) is 3.96. The predicted octanol–water partition coefficient (Wildman–Crippen LogP) is 6.17. The van der Waals surface area contributed by atoms with Crippen LogP contribution in [0.4, 0.5) is 13.2 Å². The monoisotopic (exact) mass is 441 g/mol. The number of hydrogen-bond acceptors (Lipinski definition) is 3. The fourth-order valence-corrected chi connectivity index (χ4v) is 3.31. The summed E-state index contributed by atoms with van der Waals surface area (Å²) in [6.07, 6.45) is -1.96. The topological polar surface area (TPSA) is 21.7 Å². The highest BCUT2D eigenvalue weighted by Crippen LogP contribution is 2.43. The molecular formula is C23H27ClF3NO2. The third-order valence-electron chi connectivity index (χ3n) is 4.66. The van der Waals surface area contributed by atoms with Gasteiger partial charge in [-0.3, -0.25) is 0 Å². The molecule has 0 aromatic heterocycles. The van der Waals surface area contributed by atoms with Crippen molar-refractivity contribution in [3.8, 4) is 11.5 Å². The van der Waals surface area contributed by atoms with Crippen molar-refractivity contribution in [1.82, 2.24) is 4.90 Å². The zero-order chi connectivity index (χ0) is 21.2. The van der Waals surface area contributed by atoms with E-state index in [1.807, 2.05) is 57.1 Å². The molecule has 3 rings (SSSR count). The summed E-state index contributed by atoms with van der Waals surface area (Å²) < 4.78 is 51.1. The van der Waals surface area contributed by atoms with E-state index in [9.17, 15) is 13.2 Å². The molecule has 0 saturated heterocycles. The van der Waals surface area contributed by atoms with Gasteiger partial charge in [-0.1, -0.05) is 18.2 Å². The molecule has 0 aliphatic carbocycles. The van der Waals surface area contributed by atoms with E-state index in [1.54, 1.807) is 6.07 Å². The van der Waals surface area contributed by atoms with Crippen LogP contribution in [0.1, 0.15) is 37.0 Å². The Morgan fingerprint density at radius 3 is 2.53 bits per heavy atom. The highest BCUT2D eigenvalue weighted by atomic mass is 35.5. The first-order valence-corrected chi connectivity index (χ1v) is 9.52. The number of rotatable bonds is 5. The van der Waals surface area contributed by atoms with Gasteiger partial charge in [-0.2, -0.15) is 13.2 Å². The van der Waals surface area contributed by atoms with Gasteiger partial charge in [-0.05, 0) is 63.3 Å². The smallest absolute Gasteiger partial charge is 0.416 e. The zero-order valence-corrected chi connectivity index (χ0v) is 18.4. The number of nitrogens with zero attached hydrogens (tertiary/aromatic N) is 1. The standard InChI is InChI=1S/C23H26F3NO2.ClH/c1-22(2)15-17(12-16-6-5-7-18(13-16)23(24,25)26)20-9-8-19(14-21(20)29-22)28-11-10-27(3)4;/h5-9,12-14H,10-11,15H2,1-4H3;1H. The maximum Gasteiger partial charge on any atom is 0.416 e. The lowest BCUT2D eigenvalue weighted by molar-refractivity contribution is -0.137. The SMILES string of the molecule is CN(C)CCOc1ccc2c(c1)OC(C)(C)CC2=Cc1cccc(C(F)(F)F)c1.Cl. The van der Waals surface area contributed by atoms with E-state index < -0.39 is 17.3 Å². The van der Waals surface area contributed by atoms with Crippen molar-refractivity contribution in [1.29, 1.82) is 0 Å². The van der Waals surface area contributed by atoms with Crippen LogP contribution in [0.15, 0.2) is 42.5 Å². The Morgan fingerprint density at radius 1 is 1.13 bits per heavy atom. The third-order valence-corrected chi connectivity index (χ3v) is 4.66. The van der Waals surface area contributed by atoms with Crippen LogP contribution in [-0.2, 0) is 6.18 Å². The number of ether oxygens (including phenoxy) is 2. The molecule has 30 heavy (non-hydrogen) atoms. The fraction of sp³-hybridized carbons (Fsp3) is 0.391. The van der Waals surface area contributed by atoms with Gasteiger partial charge in [0, 0.05) is 24.6 Å². The molecule has 0 radical (unpaired) electrons. The lowest BCUT2D eigenvalue weighted by Crippen LogP contribution is -2.32. The van der Waals surface area contributed by atoms with Gasteiger partial charge in [0.15, 0.2) is 0 Å². The summed E-state index contributed by atoms with van der Waals surface area (Å²) in [6, 6.07) is 11.0. The summed E-state index contributed by atoms with van der Waals surface area (Å²) >= 11 is 0. The van der Waals surface area contributed by atoms with Crippen LogP contribution in [0.5, 0.6) is 11.5 Å². The van der Waals surface area contributed by atoms with Crippen LogP contribution in [0.3, 0.4) is 0 Å². The van der Waals surface area contributed by atoms with Crippen LogP contribution >= 0.6 is 12.4 Å². The third kappa shape index (κ3) is 6.16. The summed E-state index contributed by atoms with van der Waals surface area (Å²) in [5, 5.41) is 0. The summed E-state index contributed by atoms with van der Waals surface area (Å²) in [6.45, 7) is 5.29. The van der Waals surface area contributed by atoms with Crippen molar-refractivity contribution in [2.45, 2.75) is 32.0 Å². The molecule has 0 amide bonds. The average Bonchev–Trinajstić information content (AvgIpc) is 2.59. The molecule has 0 unspecified atom stereocenters. The number of fused-ring (bicyclic) bond motifs is 1. The van der Waals surface area contributed by atoms with Gasteiger partial charge in [0.2, 0.25) is 0 Å². The molecule has 0 atom stereocenters. The Hall–Kier alpha value is -2.18. The molecule has 3 nitrogen and oxygen atoms in total. The first-order chi connectivity index (χ1) is 13.5. The van der Waals surface area contributed by atoms with E-state index in [2.05, 4.69) is 0 Å². The van der Waals surface area contributed by atoms with E-state index in [0.29, 0.717) is 30.1 Å². The molecule has 7 heteroatoms. The number of alkyl halides is 3. The van der Waals surface area contributed by atoms with Gasteiger partial charge in [0.1, 0.15) is 23.7 Å². The summed E-state index contributed by atoms with van der Waals surface area (Å²) in [5.41, 5.74) is 1.22. The molecule has 0 saturated carbocycles. The molecule has 0 bridgehead atoms. The van der Waals surface area contributed by atoms with Crippen molar-refractivity contribution >= 4 is 24.1 Å². The van der Waals surface area contributed by atoms with Crippen LogP contribution in [0.25, 0.3) is 11.6 Å². The minimum absolute atomic E-state index is 0. The van der Waals surface area contributed by atoms with Crippen LogP contribution in [0, 0.1) is 0 Å². The van der Waals surface area contributed by atoms with Gasteiger partial charge in [0.25, 0.3) is 0 Å². The lowest BCUT2D eigenvalue weighted by atomic mass is 9.88. The van der Waals surface area contributed by atoms with Gasteiger partial charge in [0.05, 0.1) is 5.56 Å². The minimum atomic E-state index is -4.36. The molecule has 2 aromatic rings. The molecule has 1 aliphatic heterocycles. The highest BCUT2D eigenvalue weighted by Gasteiger charge is 2.32.